The molecule has 8 nitrogen and oxygen atoms in total. The lowest BCUT2D eigenvalue weighted by Gasteiger charge is -2.08. The van der Waals surface area contributed by atoms with Crippen LogP contribution in [0.15, 0.2) is 34.2 Å². The Morgan fingerprint density at radius 1 is 1.04 bits per heavy atom. The van der Waals surface area contributed by atoms with E-state index in [4.69, 9.17) is 23.2 Å². The maximum absolute atomic E-state index is 12.2. The number of benzene rings is 1. The number of nitrogens with one attached hydrogen (secondary N) is 1. The van der Waals surface area contributed by atoms with E-state index in [9.17, 15) is 21.9 Å². The number of nitrogens with zero attached hydrogens (tertiary/aromatic N) is 2. The number of sulfonamides is 1. The molecule has 1 aromatic heterocycles. The predicted octanol–water partition coefficient (Wildman–Crippen LogP) is 1.37. The maximum Gasteiger partial charge on any atom is 0.241 e. The highest BCUT2D eigenvalue weighted by molar-refractivity contribution is 7.90. The van der Waals surface area contributed by atoms with Crippen LogP contribution in [-0.4, -0.2) is 38.4 Å². The van der Waals surface area contributed by atoms with Crippen molar-refractivity contribution in [2.75, 3.05) is 6.26 Å². The molecule has 0 saturated heterocycles. The summed E-state index contributed by atoms with van der Waals surface area (Å²) in [6.45, 7) is -0.407. The summed E-state index contributed by atoms with van der Waals surface area (Å²) >= 11 is 11.5. The third kappa shape index (κ3) is 4.54. The summed E-state index contributed by atoms with van der Waals surface area (Å²) in [4.78, 5) is -0.166. The summed E-state index contributed by atoms with van der Waals surface area (Å²) in [5, 5.41) is 16.6. The molecule has 0 bridgehead atoms. The van der Waals surface area contributed by atoms with Gasteiger partial charge < -0.3 is 5.11 Å². The predicted molar refractivity (Wildman–Crippen MR) is 87.3 cm³/mol. The van der Waals surface area contributed by atoms with E-state index in [0.29, 0.717) is 0 Å². The minimum absolute atomic E-state index is 0.140. The van der Waals surface area contributed by atoms with Gasteiger partial charge in [0, 0.05) is 22.4 Å². The Hall–Kier alpha value is -1.46. The van der Waals surface area contributed by atoms with Gasteiger partial charge in [0.05, 0.1) is 11.4 Å². The number of aromatic hydroxyl groups is 1. The first-order valence-electron chi connectivity index (χ1n) is 6.20. The fourth-order valence-corrected chi connectivity index (χ4v) is 3.86. The van der Waals surface area contributed by atoms with Gasteiger partial charge in [0.1, 0.15) is 11.4 Å². The summed E-state index contributed by atoms with van der Waals surface area (Å²) in [5.41, 5.74) is -0.140. The average Bonchev–Trinajstić information content (AvgIpc) is 2.44. The molecule has 0 unspecified atom stereocenters. The Labute approximate surface area is 148 Å². The number of rotatable bonds is 5. The Balaban J connectivity index is 2.24. The molecule has 0 atom stereocenters. The van der Waals surface area contributed by atoms with E-state index in [1.54, 1.807) is 0 Å². The minimum atomic E-state index is -3.97. The molecule has 2 rings (SSSR count). The molecule has 1 heterocycles. The normalized spacial score (nSPS) is 12.3. The molecule has 0 aliphatic heterocycles. The number of hydrogen-bond acceptors (Lipinski definition) is 7. The molecule has 0 aliphatic rings. The first-order chi connectivity index (χ1) is 11.0. The van der Waals surface area contributed by atoms with E-state index < -0.39 is 37.2 Å². The lowest BCUT2D eigenvalue weighted by atomic mass is 10.3. The van der Waals surface area contributed by atoms with Crippen molar-refractivity contribution >= 4 is 43.1 Å². The zero-order valence-electron chi connectivity index (χ0n) is 12.1. The van der Waals surface area contributed by atoms with Gasteiger partial charge in [-0.25, -0.2) is 21.6 Å². The Kier molecular flexibility index (Phi) is 5.35. The molecule has 0 amide bonds. The van der Waals surface area contributed by atoms with Crippen LogP contribution < -0.4 is 4.72 Å². The van der Waals surface area contributed by atoms with Gasteiger partial charge in [0.2, 0.25) is 10.0 Å². The van der Waals surface area contributed by atoms with Gasteiger partial charge in [-0.2, -0.15) is 0 Å². The van der Waals surface area contributed by atoms with Crippen molar-refractivity contribution in [1.82, 2.24) is 14.9 Å². The van der Waals surface area contributed by atoms with E-state index >= 15 is 0 Å². The van der Waals surface area contributed by atoms with E-state index in [0.717, 1.165) is 12.3 Å². The number of sulfone groups is 1. The summed E-state index contributed by atoms with van der Waals surface area (Å²) in [6, 6.07) is 4.67. The largest absolute Gasteiger partial charge is 0.506 e. The number of hydrogen-bond donors (Lipinski definition) is 2. The van der Waals surface area contributed by atoms with Crippen molar-refractivity contribution in [3.63, 3.8) is 0 Å². The molecule has 2 N–H and O–H groups in total. The third-order valence-electron chi connectivity index (χ3n) is 2.78. The van der Waals surface area contributed by atoms with E-state index in [1.807, 2.05) is 0 Å². The monoisotopic (exact) mass is 411 g/mol. The molecule has 12 heteroatoms. The van der Waals surface area contributed by atoms with Gasteiger partial charge in [-0.1, -0.05) is 23.2 Å². The van der Waals surface area contributed by atoms with Crippen molar-refractivity contribution in [2.45, 2.75) is 16.5 Å². The second-order valence-corrected chi connectivity index (χ2v) is 9.32. The van der Waals surface area contributed by atoms with Crippen LogP contribution >= 0.6 is 23.2 Å². The highest BCUT2D eigenvalue weighted by Gasteiger charge is 2.18. The molecule has 24 heavy (non-hydrogen) atoms. The zero-order valence-corrected chi connectivity index (χ0v) is 15.2. The third-order valence-corrected chi connectivity index (χ3v) is 5.56. The van der Waals surface area contributed by atoms with Crippen molar-refractivity contribution in [3.8, 4) is 5.75 Å². The fourth-order valence-electron chi connectivity index (χ4n) is 1.63. The second-order valence-electron chi connectivity index (χ2n) is 4.72. The lowest BCUT2D eigenvalue weighted by molar-refractivity contribution is 0.455. The summed E-state index contributed by atoms with van der Waals surface area (Å²) in [5.74, 6) is -0.503. The van der Waals surface area contributed by atoms with Gasteiger partial charge in [0.25, 0.3) is 0 Å². The first-order valence-corrected chi connectivity index (χ1v) is 10.3. The number of halogens is 2. The van der Waals surface area contributed by atoms with Gasteiger partial charge >= 0.3 is 0 Å². The van der Waals surface area contributed by atoms with Crippen LogP contribution in [-0.2, 0) is 26.4 Å². The van der Waals surface area contributed by atoms with Crippen molar-refractivity contribution in [3.05, 3.63) is 40.0 Å². The van der Waals surface area contributed by atoms with Gasteiger partial charge in [-0.05, 0) is 18.2 Å². The number of aromatic nitrogens is 2. The molecular weight excluding hydrogens is 401 g/mol. The first kappa shape index (κ1) is 18.9. The Morgan fingerprint density at radius 3 is 2.12 bits per heavy atom. The van der Waals surface area contributed by atoms with Crippen LogP contribution in [0.3, 0.4) is 0 Å². The average molecular weight is 412 g/mol. The van der Waals surface area contributed by atoms with E-state index in [2.05, 4.69) is 14.9 Å². The smallest absolute Gasteiger partial charge is 0.241 e. The summed E-state index contributed by atoms with van der Waals surface area (Å²) in [6.07, 6.45) is 0.904. The Morgan fingerprint density at radius 2 is 1.62 bits per heavy atom. The summed E-state index contributed by atoms with van der Waals surface area (Å²) < 4.78 is 49.2. The quantitative estimate of drug-likeness (QED) is 0.760. The van der Waals surface area contributed by atoms with E-state index in [1.165, 1.54) is 18.2 Å². The topological polar surface area (TPSA) is 126 Å². The lowest BCUT2D eigenvalue weighted by Crippen LogP contribution is -2.24. The van der Waals surface area contributed by atoms with Crippen LogP contribution in [0.2, 0.25) is 10.0 Å². The maximum atomic E-state index is 12.2. The molecule has 1 aromatic carbocycles. The van der Waals surface area contributed by atoms with Gasteiger partial charge in [0.15, 0.2) is 14.9 Å². The summed E-state index contributed by atoms with van der Waals surface area (Å²) in [7, 11) is -7.61. The van der Waals surface area contributed by atoms with E-state index in [-0.39, 0.29) is 20.6 Å². The molecule has 0 fully saturated rings. The standard InChI is InChI=1S/C12H11Cl2N3O5S2/c1-23(19,20)12-5-11(18)10(16-17-12)6-15-24(21,22)9-3-7(13)2-8(14)4-9/h2-5,15H,6H2,1H3,(H,17,18). The second kappa shape index (κ2) is 6.81. The minimum Gasteiger partial charge on any atom is -0.506 e. The van der Waals surface area contributed by atoms with Gasteiger partial charge in [-0.3, -0.25) is 0 Å². The SMILES string of the molecule is CS(=O)(=O)c1cc(O)c(CNS(=O)(=O)c2cc(Cl)cc(Cl)c2)nn1. The molecule has 0 aliphatic carbocycles. The molecule has 130 valence electrons. The molecule has 0 radical (unpaired) electrons. The van der Waals surface area contributed by atoms with Crippen molar-refractivity contribution in [1.29, 1.82) is 0 Å². The molecule has 0 spiro atoms. The highest BCUT2D eigenvalue weighted by Crippen LogP contribution is 2.23. The zero-order chi connectivity index (χ0) is 18.1. The van der Waals surface area contributed by atoms with Crippen LogP contribution in [0, 0.1) is 0 Å². The highest BCUT2D eigenvalue weighted by atomic mass is 35.5. The Bertz CT molecular complexity index is 973. The van der Waals surface area contributed by atoms with Gasteiger partial charge in [-0.15, -0.1) is 10.2 Å². The molecule has 0 saturated carbocycles. The van der Waals surface area contributed by atoms with Crippen molar-refractivity contribution in [2.24, 2.45) is 0 Å². The molecular formula is C12H11Cl2N3O5S2. The van der Waals surface area contributed by atoms with Crippen LogP contribution in [0.25, 0.3) is 0 Å². The molecule has 2 aromatic rings. The van der Waals surface area contributed by atoms with Crippen LogP contribution in [0.1, 0.15) is 5.69 Å². The van der Waals surface area contributed by atoms with Crippen LogP contribution in [0.5, 0.6) is 5.75 Å². The van der Waals surface area contributed by atoms with Crippen molar-refractivity contribution < 1.29 is 21.9 Å². The van der Waals surface area contributed by atoms with Crippen LogP contribution in [0.4, 0.5) is 0 Å². The fraction of sp³-hybridized carbons (Fsp3) is 0.167.